The molecule has 0 bridgehead atoms. The average Bonchev–Trinajstić information content (AvgIpc) is 3.42. The van der Waals surface area contributed by atoms with E-state index in [1.165, 1.54) is 0 Å². The first-order chi connectivity index (χ1) is 14.1. The maximum atomic E-state index is 12.0. The van der Waals surface area contributed by atoms with Crippen molar-refractivity contribution in [1.82, 2.24) is 4.90 Å². The lowest BCUT2D eigenvalue weighted by molar-refractivity contribution is 0.00578. The van der Waals surface area contributed by atoms with Gasteiger partial charge in [0.1, 0.15) is 0 Å². The molecule has 6 heteroatoms. The molecule has 1 N–H and O–H groups in total. The number of carbonyl (C=O) groups is 1. The van der Waals surface area contributed by atoms with Gasteiger partial charge in [-0.15, -0.1) is 0 Å². The van der Waals surface area contributed by atoms with Gasteiger partial charge >= 0.3 is 13.2 Å². The van der Waals surface area contributed by atoms with E-state index < -0.39 is 6.09 Å². The monoisotopic (exact) mass is 407 g/mol. The minimum Gasteiger partial charge on any atom is -0.465 e. The molecule has 0 unspecified atom stereocenters. The van der Waals surface area contributed by atoms with Crippen LogP contribution in [0.1, 0.15) is 51.7 Å². The van der Waals surface area contributed by atoms with Crippen LogP contribution in [0.15, 0.2) is 54.6 Å². The molecule has 2 aromatic carbocycles. The lowest BCUT2D eigenvalue weighted by Gasteiger charge is -2.32. The van der Waals surface area contributed by atoms with Crippen molar-refractivity contribution in [2.24, 2.45) is 0 Å². The Bertz CT molecular complexity index is 891. The summed E-state index contributed by atoms with van der Waals surface area (Å²) >= 11 is 0. The molecule has 158 valence electrons. The molecule has 1 saturated carbocycles. The van der Waals surface area contributed by atoms with Crippen molar-refractivity contribution in [2.75, 3.05) is 0 Å². The van der Waals surface area contributed by atoms with Gasteiger partial charge in [0, 0.05) is 6.54 Å². The Morgan fingerprint density at radius 1 is 0.933 bits per heavy atom. The molecule has 1 heterocycles. The molecule has 0 radical (unpaired) electrons. The minimum atomic E-state index is -0.856. The average molecular weight is 407 g/mol. The van der Waals surface area contributed by atoms with E-state index in [1.54, 1.807) is 4.90 Å². The molecule has 0 spiro atoms. The number of benzene rings is 2. The molecule has 2 fully saturated rings. The molecule has 4 rings (SSSR count). The van der Waals surface area contributed by atoms with E-state index in [1.807, 2.05) is 70.2 Å². The van der Waals surface area contributed by atoms with Gasteiger partial charge in [-0.1, -0.05) is 54.6 Å². The number of rotatable bonds is 6. The third-order valence-electron chi connectivity index (χ3n) is 6.85. The molecule has 1 aliphatic carbocycles. The minimum absolute atomic E-state index is 0.312. The van der Waals surface area contributed by atoms with E-state index in [0.717, 1.165) is 35.9 Å². The highest BCUT2D eigenvalue weighted by Crippen LogP contribution is 2.45. The van der Waals surface area contributed by atoms with E-state index in [2.05, 4.69) is 12.1 Å². The lowest BCUT2D eigenvalue weighted by Crippen LogP contribution is -2.42. The number of amides is 1. The van der Waals surface area contributed by atoms with Gasteiger partial charge in [0.25, 0.3) is 0 Å². The highest BCUT2D eigenvalue weighted by atomic mass is 16.7. The summed E-state index contributed by atoms with van der Waals surface area (Å²) in [5.74, 6) is 0. The van der Waals surface area contributed by atoms with Crippen LogP contribution >= 0.6 is 0 Å². The normalized spacial score (nSPS) is 20.7. The molecule has 2 aliphatic rings. The Balaban J connectivity index is 1.47. The summed E-state index contributed by atoms with van der Waals surface area (Å²) in [6.45, 7) is 8.61. The summed E-state index contributed by atoms with van der Waals surface area (Å²) in [5.41, 5.74) is 2.09. The van der Waals surface area contributed by atoms with Crippen molar-refractivity contribution in [3.63, 3.8) is 0 Å². The first-order valence-electron chi connectivity index (χ1n) is 10.6. The molecule has 2 aromatic rings. The Morgan fingerprint density at radius 2 is 1.50 bits per heavy atom. The third kappa shape index (κ3) is 3.99. The number of carboxylic acid groups (broad SMARTS) is 1. The second kappa shape index (κ2) is 7.43. The summed E-state index contributed by atoms with van der Waals surface area (Å²) in [6, 6.07) is 18.0. The van der Waals surface area contributed by atoms with E-state index in [9.17, 15) is 9.90 Å². The van der Waals surface area contributed by atoms with Crippen LogP contribution in [0.25, 0.3) is 0 Å². The van der Waals surface area contributed by atoms with E-state index >= 15 is 0 Å². The first-order valence-corrected chi connectivity index (χ1v) is 10.6. The Kier molecular flexibility index (Phi) is 5.19. The largest absolute Gasteiger partial charge is 0.494 e. The Labute approximate surface area is 179 Å². The van der Waals surface area contributed by atoms with Crippen LogP contribution in [0.4, 0.5) is 4.79 Å². The molecule has 1 saturated heterocycles. The van der Waals surface area contributed by atoms with E-state index in [0.29, 0.717) is 6.54 Å². The van der Waals surface area contributed by atoms with Gasteiger partial charge in [-0.05, 0) is 63.5 Å². The van der Waals surface area contributed by atoms with Crippen LogP contribution in [0, 0.1) is 0 Å². The smallest absolute Gasteiger partial charge is 0.465 e. The fraction of sp³-hybridized carbons (Fsp3) is 0.458. The zero-order valence-corrected chi connectivity index (χ0v) is 18.2. The molecule has 1 aliphatic heterocycles. The first kappa shape index (κ1) is 20.9. The maximum absolute atomic E-state index is 12.0. The van der Waals surface area contributed by atoms with Crippen LogP contribution in [-0.2, 0) is 22.3 Å². The Morgan fingerprint density at radius 3 is 2.00 bits per heavy atom. The summed E-state index contributed by atoms with van der Waals surface area (Å²) < 4.78 is 12.3. The number of hydrogen-bond acceptors (Lipinski definition) is 3. The second-order valence-electron chi connectivity index (χ2n) is 9.59. The van der Waals surface area contributed by atoms with E-state index in [4.69, 9.17) is 9.31 Å². The van der Waals surface area contributed by atoms with Crippen molar-refractivity contribution in [3.05, 3.63) is 65.7 Å². The van der Waals surface area contributed by atoms with Gasteiger partial charge in [-0.3, -0.25) is 4.90 Å². The summed E-state index contributed by atoms with van der Waals surface area (Å²) in [5, 5.41) is 9.87. The standard InChI is InChI=1S/C24H30BNO4/c1-22(2)23(3,4)30-25(29-22)20-12-10-18(11-13-20)16-24(14-15-24)26(21(27)28)17-19-8-6-5-7-9-19/h5-13H,14-17H2,1-4H3,(H,27,28). The fourth-order valence-electron chi connectivity index (χ4n) is 4.04. The van der Waals surface area contributed by atoms with Crippen molar-refractivity contribution in [1.29, 1.82) is 0 Å². The molecular formula is C24H30BNO4. The zero-order valence-electron chi connectivity index (χ0n) is 18.2. The molecule has 1 amide bonds. The molecule has 30 heavy (non-hydrogen) atoms. The summed E-state index contributed by atoms with van der Waals surface area (Å²) in [6.07, 6.45) is 1.65. The van der Waals surface area contributed by atoms with Crippen LogP contribution in [0.3, 0.4) is 0 Å². The van der Waals surface area contributed by atoms with Crippen LogP contribution < -0.4 is 5.46 Å². The second-order valence-corrected chi connectivity index (χ2v) is 9.59. The van der Waals surface area contributed by atoms with Crippen molar-refractivity contribution in [2.45, 2.75) is 70.2 Å². The van der Waals surface area contributed by atoms with Crippen molar-refractivity contribution >= 4 is 18.7 Å². The molecule has 0 aromatic heterocycles. The predicted octanol–water partition coefficient (Wildman–Crippen LogP) is 4.24. The summed E-state index contributed by atoms with van der Waals surface area (Å²) in [7, 11) is -0.382. The fourth-order valence-corrected chi connectivity index (χ4v) is 4.04. The van der Waals surface area contributed by atoms with Gasteiger partial charge in [0.2, 0.25) is 0 Å². The quantitative estimate of drug-likeness (QED) is 0.728. The Hall–Kier alpha value is -2.31. The van der Waals surface area contributed by atoms with Gasteiger partial charge in [-0.25, -0.2) is 4.79 Å². The van der Waals surface area contributed by atoms with Crippen LogP contribution in [-0.4, -0.2) is 40.0 Å². The van der Waals surface area contributed by atoms with Gasteiger partial charge < -0.3 is 14.4 Å². The van der Waals surface area contributed by atoms with Crippen LogP contribution in [0.2, 0.25) is 0 Å². The van der Waals surface area contributed by atoms with Crippen LogP contribution in [0.5, 0.6) is 0 Å². The third-order valence-corrected chi connectivity index (χ3v) is 6.85. The molecule has 5 nitrogen and oxygen atoms in total. The van der Waals surface area contributed by atoms with Gasteiger partial charge in [-0.2, -0.15) is 0 Å². The lowest BCUT2D eigenvalue weighted by atomic mass is 9.78. The maximum Gasteiger partial charge on any atom is 0.494 e. The highest BCUT2D eigenvalue weighted by Gasteiger charge is 2.52. The highest BCUT2D eigenvalue weighted by molar-refractivity contribution is 6.62. The van der Waals surface area contributed by atoms with E-state index in [-0.39, 0.29) is 23.9 Å². The predicted molar refractivity (Wildman–Crippen MR) is 118 cm³/mol. The van der Waals surface area contributed by atoms with Crippen molar-refractivity contribution < 1.29 is 19.2 Å². The SMILES string of the molecule is CC1(C)OB(c2ccc(CC3(N(Cc4ccccc4)C(=O)O)CC3)cc2)OC1(C)C. The molecular weight excluding hydrogens is 377 g/mol. The number of nitrogens with zero attached hydrogens (tertiary/aromatic N) is 1. The van der Waals surface area contributed by atoms with Crippen molar-refractivity contribution in [3.8, 4) is 0 Å². The summed E-state index contributed by atoms with van der Waals surface area (Å²) in [4.78, 5) is 13.6. The van der Waals surface area contributed by atoms with Gasteiger partial charge in [0.15, 0.2) is 0 Å². The van der Waals surface area contributed by atoms with Gasteiger partial charge in [0.05, 0.1) is 16.7 Å². The number of hydrogen-bond donors (Lipinski definition) is 1. The zero-order chi connectivity index (χ0) is 21.6. The molecule has 0 atom stereocenters. The topological polar surface area (TPSA) is 59.0 Å².